The molecule has 0 fully saturated rings. The molecule has 0 radical (unpaired) electrons. The molecule has 0 aliphatic heterocycles. The second-order valence-electron chi connectivity index (χ2n) is 7.72. The minimum atomic E-state index is 0.210. The lowest BCUT2D eigenvalue weighted by atomic mass is 9.85. The molecule has 114 valence electrons. The first kappa shape index (κ1) is 15.1. The van der Waals surface area contributed by atoms with Crippen molar-refractivity contribution in [2.24, 2.45) is 5.92 Å². The van der Waals surface area contributed by atoms with Crippen LogP contribution in [0.5, 0.6) is 0 Å². The summed E-state index contributed by atoms with van der Waals surface area (Å²) >= 11 is 0. The number of allylic oxidation sites excluding steroid dienone is 1. The summed E-state index contributed by atoms with van der Waals surface area (Å²) in [5.41, 5.74) is 8.91. The summed E-state index contributed by atoms with van der Waals surface area (Å²) in [5, 5.41) is 0. The van der Waals surface area contributed by atoms with E-state index in [1.54, 1.807) is 5.57 Å². The molecule has 0 saturated carbocycles. The number of hydrogen-bond acceptors (Lipinski definition) is 0. The quantitative estimate of drug-likeness (QED) is 0.636. The highest BCUT2D eigenvalue weighted by molar-refractivity contribution is 5.87. The Kier molecular flexibility index (Phi) is 3.72. The molecule has 2 aromatic rings. The van der Waals surface area contributed by atoms with Crippen molar-refractivity contribution >= 4 is 5.57 Å². The van der Waals surface area contributed by atoms with Crippen LogP contribution in [-0.2, 0) is 11.8 Å². The molecule has 0 nitrogen and oxygen atoms in total. The fourth-order valence-electron chi connectivity index (χ4n) is 3.36. The van der Waals surface area contributed by atoms with Crippen LogP contribution in [0.2, 0.25) is 0 Å². The first-order valence-corrected chi connectivity index (χ1v) is 8.30. The minimum absolute atomic E-state index is 0.210. The van der Waals surface area contributed by atoms with Gasteiger partial charge in [-0.05, 0) is 45.6 Å². The van der Waals surface area contributed by atoms with Crippen LogP contribution >= 0.6 is 0 Å². The number of benzene rings is 2. The van der Waals surface area contributed by atoms with Gasteiger partial charge in [0.25, 0.3) is 0 Å². The van der Waals surface area contributed by atoms with Crippen LogP contribution in [0.1, 0.15) is 56.9 Å². The van der Waals surface area contributed by atoms with Gasteiger partial charge in [0.1, 0.15) is 0 Å². The van der Waals surface area contributed by atoms with Gasteiger partial charge in [0.2, 0.25) is 0 Å². The maximum absolute atomic E-state index is 2.31. The van der Waals surface area contributed by atoms with E-state index >= 15 is 0 Å². The van der Waals surface area contributed by atoms with E-state index in [1.807, 2.05) is 0 Å². The number of rotatable bonds is 2. The van der Waals surface area contributed by atoms with E-state index in [1.165, 1.54) is 27.8 Å². The SMILES string of the molecule is CC(C)C1=C(c2ccc(C(C)(C)C)cc2)c2ccccc2C1. The van der Waals surface area contributed by atoms with Crippen molar-refractivity contribution < 1.29 is 0 Å². The molecule has 0 spiro atoms. The van der Waals surface area contributed by atoms with E-state index in [2.05, 4.69) is 83.1 Å². The summed E-state index contributed by atoms with van der Waals surface area (Å²) in [7, 11) is 0. The largest absolute Gasteiger partial charge is 0.0619 e. The van der Waals surface area contributed by atoms with Gasteiger partial charge in [-0.1, -0.05) is 88.7 Å². The third kappa shape index (κ3) is 2.63. The maximum atomic E-state index is 2.31. The fraction of sp³-hybridized carbons (Fsp3) is 0.364. The molecule has 1 aliphatic rings. The first-order chi connectivity index (χ1) is 10.4. The van der Waals surface area contributed by atoms with Gasteiger partial charge in [-0.3, -0.25) is 0 Å². The second-order valence-corrected chi connectivity index (χ2v) is 7.72. The molecular formula is C22H26. The van der Waals surface area contributed by atoms with Crippen LogP contribution in [0.3, 0.4) is 0 Å². The van der Waals surface area contributed by atoms with Crippen molar-refractivity contribution in [3.05, 3.63) is 76.4 Å². The lowest BCUT2D eigenvalue weighted by molar-refractivity contribution is 0.590. The predicted octanol–water partition coefficient (Wildman–Crippen LogP) is 6.00. The van der Waals surface area contributed by atoms with Gasteiger partial charge in [-0.15, -0.1) is 0 Å². The Hall–Kier alpha value is -1.82. The Labute approximate surface area is 134 Å². The number of hydrogen-bond donors (Lipinski definition) is 0. The lowest BCUT2D eigenvalue weighted by Gasteiger charge is -2.20. The molecule has 0 amide bonds. The first-order valence-electron chi connectivity index (χ1n) is 8.30. The molecule has 0 aromatic heterocycles. The average molecular weight is 290 g/mol. The van der Waals surface area contributed by atoms with E-state index in [0.717, 1.165) is 6.42 Å². The number of fused-ring (bicyclic) bond motifs is 1. The van der Waals surface area contributed by atoms with Crippen LogP contribution in [0.25, 0.3) is 5.57 Å². The monoisotopic (exact) mass is 290 g/mol. The summed E-state index contributed by atoms with van der Waals surface area (Å²) in [6.45, 7) is 11.4. The molecule has 0 atom stereocenters. The highest BCUT2D eigenvalue weighted by Gasteiger charge is 2.24. The van der Waals surface area contributed by atoms with Gasteiger partial charge in [-0.25, -0.2) is 0 Å². The van der Waals surface area contributed by atoms with Crippen LogP contribution in [0, 0.1) is 5.92 Å². The standard InChI is InChI=1S/C22H26/c1-15(2)20-14-17-8-6-7-9-19(17)21(20)16-10-12-18(13-11-16)22(3,4)5/h6-13,15H,14H2,1-5H3. The molecule has 0 N–H and O–H groups in total. The Bertz CT molecular complexity index is 706. The summed E-state index contributed by atoms with van der Waals surface area (Å²) < 4.78 is 0. The van der Waals surface area contributed by atoms with Crippen LogP contribution < -0.4 is 0 Å². The van der Waals surface area contributed by atoms with Crippen molar-refractivity contribution in [1.29, 1.82) is 0 Å². The molecule has 22 heavy (non-hydrogen) atoms. The molecule has 2 aromatic carbocycles. The zero-order valence-electron chi connectivity index (χ0n) is 14.4. The molecule has 0 heteroatoms. The van der Waals surface area contributed by atoms with Crippen molar-refractivity contribution in [2.45, 2.75) is 46.5 Å². The van der Waals surface area contributed by atoms with Gasteiger partial charge in [0, 0.05) is 0 Å². The molecular weight excluding hydrogens is 264 g/mol. The third-order valence-electron chi connectivity index (χ3n) is 4.73. The molecule has 1 aliphatic carbocycles. The van der Waals surface area contributed by atoms with Crippen LogP contribution in [0.4, 0.5) is 0 Å². The lowest BCUT2D eigenvalue weighted by Crippen LogP contribution is -2.10. The second kappa shape index (κ2) is 5.43. The zero-order chi connectivity index (χ0) is 15.9. The Morgan fingerprint density at radius 2 is 1.50 bits per heavy atom. The van der Waals surface area contributed by atoms with E-state index in [-0.39, 0.29) is 5.41 Å². The van der Waals surface area contributed by atoms with E-state index in [4.69, 9.17) is 0 Å². The van der Waals surface area contributed by atoms with Crippen molar-refractivity contribution in [3.8, 4) is 0 Å². The Morgan fingerprint density at radius 3 is 2.09 bits per heavy atom. The Balaban J connectivity index is 2.10. The van der Waals surface area contributed by atoms with Gasteiger partial charge in [0.15, 0.2) is 0 Å². The van der Waals surface area contributed by atoms with E-state index in [9.17, 15) is 0 Å². The zero-order valence-corrected chi connectivity index (χ0v) is 14.4. The predicted molar refractivity (Wildman–Crippen MR) is 96.1 cm³/mol. The summed E-state index contributed by atoms with van der Waals surface area (Å²) in [5.74, 6) is 0.588. The molecule has 3 rings (SSSR count). The topological polar surface area (TPSA) is 0 Å². The van der Waals surface area contributed by atoms with Crippen LogP contribution in [-0.4, -0.2) is 0 Å². The maximum Gasteiger partial charge on any atom is -0.00489 e. The molecule has 0 unspecified atom stereocenters. The summed E-state index contributed by atoms with van der Waals surface area (Å²) in [4.78, 5) is 0. The highest BCUT2D eigenvalue weighted by atomic mass is 14.3. The fourth-order valence-corrected chi connectivity index (χ4v) is 3.36. The highest BCUT2D eigenvalue weighted by Crippen LogP contribution is 2.40. The van der Waals surface area contributed by atoms with Gasteiger partial charge in [-0.2, -0.15) is 0 Å². The smallest absolute Gasteiger partial charge is 0.00489 e. The van der Waals surface area contributed by atoms with Crippen molar-refractivity contribution in [2.75, 3.05) is 0 Å². The molecule has 0 saturated heterocycles. The van der Waals surface area contributed by atoms with E-state index < -0.39 is 0 Å². The van der Waals surface area contributed by atoms with Crippen molar-refractivity contribution in [1.82, 2.24) is 0 Å². The average Bonchev–Trinajstić information content (AvgIpc) is 2.86. The minimum Gasteiger partial charge on any atom is -0.0619 e. The van der Waals surface area contributed by atoms with Crippen molar-refractivity contribution in [3.63, 3.8) is 0 Å². The molecule has 0 heterocycles. The van der Waals surface area contributed by atoms with Gasteiger partial charge < -0.3 is 0 Å². The normalized spacial score (nSPS) is 14.6. The van der Waals surface area contributed by atoms with Gasteiger partial charge in [0.05, 0.1) is 0 Å². The van der Waals surface area contributed by atoms with Crippen LogP contribution in [0.15, 0.2) is 54.1 Å². The third-order valence-corrected chi connectivity index (χ3v) is 4.73. The van der Waals surface area contributed by atoms with Gasteiger partial charge >= 0.3 is 0 Å². The summed E-state index contributed by atoms with van der Waals surface area (Å²) in [6.07, 6.45) is 1.10. The molecule has 0 bridgehead atoms. The summed E-state index contributed by atoms with van der Waals surface area (Å²) in [6, 6.07) is 18.1. The Morgan fingerprint density at radius 1 is 0.864 bits per heavy atom. The van der Waals surface area contributed by atoms with E-state index in [0.29, 0.717) is 5.92 Å².